The number of aliphatic hydroxyl groups is 1. The van der Waals surface area contributed by atoms with Gasteiger partial charge in [0.15, 0.2) is 0 Å². The van der Waals surface area contributed by atoms with Crippen molar-refractivity contribution in [3.05, 3.63) is 54.6 Å². The molecule has 0 fully saturated rings. The van der Waals surface area contributed by atoms with Crippen LogP contribution in [-0.4, -0.2) is 42.8 Å². The molecule has 2 aromatic carbocycles. The molecule has 0 unspecified atom stereocenters. The van der Waals surface area contributed by atoms with Gasteiger partial charge in [-0.05, 0) is 34.5 Å². The highest BCUT2D eigenvalue weighted by atomic mass is 16.5. The first-order valence-electron chi connectivity index (χ1n) is 7.49. The van der Waals surface area contributed by atoms with Gasteiger partial charge in [0.05, 0.1) is 13.7 Å². The number of rotatable bonds is 7. The van der Waals surface area contributed by atoms with Crippen LogP contribution in [0.15, 0.2) is 49.1 Å². The lowest BCUT2D eigenvalue weighted by molar-refractivity contribution is 0.183. The molecule has 0 aliphatic heterocycles. The molecule has 5 heteroatoms. The fourth-order valence-electron chi connectivity index (χ4n) is 2.35. The maximum Gasteiger partial charge on any atom is 0.318 e. The lowest BCUT2D eigenvalue weighted by atomic mass is 10.1. The molecule has 23 heavy (non-hydrogen) atoms. The van der Waals surface area contributed by atoms with Gasteiger partial charge in [-0.3, -0.25) is 0 Å². The highest BCUT2D eigenvalue weighted by molar-refractivity contribution is 5.84. The van der Waals surface area contributed by atoms with Crippen molar-refractivity contribution in [3.63, 3.8) is 0 Å². The van der Waals surface area contributed by atoms with Crippen molar-refractivity contribution in [1.29, 1.82) is 0 Å². The van der Waals surface area contributed by atoms with Gasteiger partial charge in [0.25, 0.3) is 0 Å². The van der Waals surface area contributed by atoms with Crippen LogP contribution in [0.5, 0.6) is 5.75 Å². The summed E-state index contributed by atoms with van der Waals surface area (Å²) in [7, 11) is 1.65. The van der Waals surface area contributed by atoms with Crippen LogP contribution in [0.2, 0.25) is 0 Å². The van der Waals surface area contributed by atoms with E-state index in [4.69, 9.17) is 9.84 Å². The summed E-state index contributed by atoms with van der Waals surface area (Å²) in [5.74, 6) is 0.822. The summed E-state index contributed by atoms with van der Waals surface area (Å²) in [6.07, 6.45) is 1.64. The molecule has 0 atom stereocenters. The Morgan fingerprint density at radius 2 is 2.04 bits per heavy atom. The third-order valence-corrected chi connectivity index (χ3v) is 3.56. The maximum absolute atomic E-state index is 12.1. The fraction of sp³-hybridized carbons (Fsp3) is 0.278. The lowest BCUT2D eigenvalue weighted by Crippen LogP contribution is -2.41. The van der Waals surface area contributed by atoms with Gasteiger partial charge in [0.1, 0.15) is 5.75 Å². The van der Waals surface area contributed by atoms with Gasteiger partial charge in [-0.25, -0.2) is 4.79 Å². The molecule has 0 aliphatic rings. The average Bonchev–Trinajstić information content (AvgIpc) is 2.58. The number of hydrogen-bond acceptors (Lipinski definition) is 3. The number of urea groups is 1. The number of nitrogens with zero attached hydrogens (tertiary/aromatic N) is 1. The van der Waals surface area contributed by atoms with Crippen LogP contribution < -0.4 is 10.1 Å². The standard InChI is InChI=1S/C18H22N2O3/c1-3-8-20(9-10-21)18(22)19-13-14-4-5-16-12-17(23-2)7-6-15(16)11-14/h3-7,11-12,21H,1,8-10,13H2,2H3,(H,19,22). The Kier molecular flexibility index (Phi) is 6.00. The van der Waals surface area contributed by atoms with E-state index >= 15 is 0 Å². The van der Waals surface area contributed by atoms with Gasteiger partial charge in [-0.2, -0.15) is 0 Å². The molecule has 0 saturated heterocycles. The van der Waals surface area contributed by atoms with Crippen molar-refractivity contribution < 1.29 is 14.6 Å². The Balaban J connectivity index is 2.03. The number of nitrogens with one attached hydrogen (secondary N) is 1. The Labute approximate surface area is 136 Å². The van der Waals surface area contributed by atoms with Crippen LogP contribution in [0.4, 0.5) is 4.79 Å². The van der Waals surface area contributed by atoms with Crippen LogP contribution in [0.3, 0.4) is 0 Å². The molecule has 2 aromatic rings. The second-order valence-electron chi connectivity index (χ2n) is 5.16. The summed E-state index contributed by atoms with van der Waals surface area (Å²) in [4.78, 5) is 13.6. The van der Waals surface area contributed by atoms with Crippen LogP contribution >= 0.6 is 0 Å². The normalized spacial score (nSPS) is 10.3. The van der Waals surface area contributed by atoms with Crippen molar-refractivity contribution in [3.8, 4) is 5.75 Å². The summed E-state index contributed by atoms with van der Waals surface area (Å²) in [5.41, 5.74) is 1.01. The lowest BCUT2D eigenvalue weighted by Gasteiger charge is -2.20. The first-order chi connectivity index (χ1) is 11.2. The fourth-order valence-corrected chi connectivity index (χ4v) is 2.35. The molecule has 0 radical (unpaired) electrons. The van der Waals surface area contributed by atoms with E-state index in [1.165, 1.54) is 4.90 Å². The molecule has 122 valence electrons. The van der Waals surface area contributed by atoms with Gasteiger partial charge in [0.2, 0.25) is 0 Å². The van der Waals surface area contributed by atoms with Crippen LogP contribution in [0.1, 0.15) is 5.56 Å². The SMILES string of the molecule is C=CCN(CCO)C(=O)NCc1ccc2cc(OC)ccc2c1. The Hall–Kier alpha value is -2.53. The topological polar surface area (TPSA) is 61.8 Å². The zero-order valence-corrected chi connectivity index (χ0v) is 13.3. The van der Waals surface area contributed by atoms with Gasteiger partial charge < -0.3 is 20.1 Å². The zero-order chi connectivity index (χ0) is 16.7. The first kappa shape index (κ1) is 16.8. The number of carbonyl (C=O) groups is 1. The van der Waals surface area contributed by atoms with Crippen LogP contribution in [-0.2, 0) is 6.54 Å². The summed E-state index contributed by atoms with van der Waals surface area (Å²) in [6.45, 7) is 4.67. The van der Waals surface area contributed by atoms with E-state index in [-0.39, 0.29) is 19.2 Å². The molecule has 2 rings (SSSR count). The number of ether oxygens (including phenoxy) is 1. The number of carbonyl (C=O) groups excluding carboxylic acids is 1. The minimum atomic E-state index is -0.214. The minimum Gasteiger partial charge on any atom is -0.497 e. The molecule has 2 amide bonds. The third kappa shape index (κ3) is 4.47. The number of aliphatic hydroxyl groups excluding tert-OH is 1. The van der Waals surface area contributed by atoms with Crippen LogP contribution in [0, 0.1) is 0 Å². The number of hydrogen-bond donors (Lipinski definition) is 2. The predicted octanol–water partition coefficient (Wildman–Crippen LogP) is 2.54. The van der Waals surface area contributed by atoms with E-state index in [0.29, 0.717) is 13.1 Å². The Morgan fingerprint density at radius 3 is 2.74 bits per heavy atom. The molecule has 0 saturated carbocycles. The second-order valence-corrected chi connectivity index (χ2v) is 5.16. The van der Waals surface area contributed by atoms with Gasteiger partial charge in [0, 0.05) is 19.6 Å². The molecule has 0 spiro atoms. The maximum atomic E-state index is 12.1. The molecule has 0 heterocycles. The van der Waals surface area contributed by atoms with Crippen molar-refractivity contribution >= 4 is 16.8 Å². The highest BCUT2D eigenvalue weighted by Crippen LogP contribution is 2.21. The smallest absolute Gasteiger partial charge is 0.318 e. The van der Waals surface area contributed by atoms with E-state index in [9.17, 15) is 4.79 Å². The zero-order valence-electron chi connectivity index (χ0n) is 13.3. The minimum absolute atomic E-state index is 0.0704. The Morgan fingerprint density at radius 1 is 1.30 bits per heavy atom. The van der Waals surface area contributed by atoms with Crippen molar-refractivity contribution in [1.82, 2.24) is 10.2 Å². The van der Waals surface area contributed by atoms with E-state index in [2.05, 4.69) is 11.9 Å². The number of benzene rings is 2. The largest absolute Gasteiger partial charge is 0.497 e. The average molecular weight is 314 g/mol. The molecule has 0 bridgehead atoms. The van der Waals surface area contributed by atoms with Gasteiger partial charge in [-0.1, -0.05) is 24.3 Å². The van der Waals surface area contributed by atoms with E-state index < -0.39 is 0 Å². The summed E-state index contributed by atoms with van der Waals surface area (Å²) in [5, 5.41) is 14.0. The Bertz CT molecular complexity index is 685. The molecular formula is C18H22N2O3. The van der Waals surface area contributed by atoms with Crippen molar-refractivity contribution in [2.24, 2.45) is 0 Å². The molecule has 2 N–H and O–H groups in total. The van der Waals surface area contributed by atoms with Crippen molar-refractivity contribution in [2.75, 3.05) is 26.8 Å². The third-order valence-electron chi connectivity index (χ3n) is 3.56. The summed E-state index contributed by atoms with van der Waals surface area (Å²) >= 11 is 0. The van der Waals surface area contributed by atoms with E-state index in [0.717, 1.165) is 22.1 Å². The number of methoxy groups -OCH3 is 1. The predicted molar refractivity (Wildman–Crippen MR) is 91.6 cm³/mol. The van der Waals surface area contributed by atoms with Gasteiger partial charge >= 0.3 is 6.03 Å². The monoisotopic (exact) mass is 314 g/mol. The quantitative estimate of drug-likeness (QED) is 0.772. The molecule has 5 nitrogen and oxygen atoms in total. The first-order valence-corrected chi connectivity index (χ1v) is 7.49. The number of amides is 2. The molecule has 0 aliphatic carbocycles. The van der Waals surface area contributed by atoms with E-state index in [1.54, 1.807) is 13.2 Å². The van der Waals surface area contributed by atoms with Crippen LogP contribution in [0.25, 0.3) is 10.8 Å². The number of fused-ring (bicyclic) bond motifs is 1. The summed E-state index contributed by atoms with van der Waals surface area (Å²) < 4.78 is 5.21. The highest BCUT2D eigenvalue weighted by Gasteiger charge is 2.10. The van der Waals surface area contributed by atoms with Gasteiger partial charge in [-0.15, -0.1) is 6.58 Å². The second kappa shape index (κ2) is 8.19. The molecular weight excluding hydrogens is 292 g/mol. The van der Waals surface area contributed by atoms with E-state index in [1.807, 2.05) is 36.4 Å². The summed E-state index contributed by atoms with van der Waals surface area (Å²) in [6, 6.07) is 11.7. The molecule has 0 aromatic heterocycles. The van der Waals surface area contributed by atoms with Crippen molar-refractivity contribution in [2.45, 2.75) is 6.54 Å².